The Bertz CT molecular complexity index is 1120. The molecule has 0 bridgehead atoms. The summed E-state index contributed by atoms with van der Waals surface area (Å²) in [5, 5.41) is 6.35. The maximum absolute atomic E-state index is 12.8. The second-order valence-electron chi connectivity index (χ2n) is 8.45. The Labute approximate surface area is 193 Å². The molecular weight excluding hydrogens is 426 g/mol. The number of ether oxygens (including phenoxy) is 1. The fourth-order valence-electron chi connectivity index (χ4n) is 4.39. The topological polar surface area (TPSA) is 64.4 Å². The summed E-state index contributed by atoms with van der Waals surface area (Å²) in [7, 11) is 1.65. The van der Waals surface area contributed by atoms with Crippen molar-refractivity contribution >= 4 is 34.2 Å². The number of carbonyl (C=O) groups is 2. The Morgan fingerprint density at radius 3 is 2.72 bits per heavy atom. The van der Waals surface area contributed by atoms with Gasteiger partial charge in [0.2, 0.25) is 0 Å². The van der Waals surface area contributed by atoms with E-state index in [4.69, 9.17) is 21.4 Å². The fourth-order valence-corrected chi connectivity index (χ4v) is 4.52. The summed E-state index contributed by atoms with van der Waals surface area (Å²) in [6.45, 7) is 4.77. The van der Waals surface area contributed by atoms with Crippen molar-refractivity contribution in [3.8, 4) is 0 Å². The van der Waals surface area contributed by atoms with Crippen LogP contribution in [0, 0.1) is 12.8 Å². The van der Waals surface area contributed by atoms with E-state index >= 15 is 0 Å². The molecule has 0 saturated carbocycles. The number of nitrogens with zero attached hydrogens (tertiary/aromatic N) is 3. The molecule has 1 aliphatic heterocycles. The third kappa shape index (κ3) is 4.87. The predicted octanol–water partition coefficient (Wildman–Crippen LogP) is 4.77. The number of fused-ring (bicyclic) bond motifs is 1. The van der Waals surface area contributed by atoms with Crippen LogP contribution in [0.25, 0.3) is 10.9 Å². The predicted molar refractivity (Wildman–Crippen MR) is 125 cm³/mol. The highest BCUT2D eigenvalue weighted by molar-refractivity contribution is 6.30. The highest BCUT2D eigenvalue weighted by atomic mass is 35.5. The molecule has 3 aromatic rings. The van der Waals surface area contributed by atoms with Gasteiger partial charge in [-0.2, -0.15) is 5.10 Å². The van der Waals surface area contributed by atoms with E-state index in [9.17, 15) is 9.59 Å². The molecule has 0 radical (unpaired) electrons. The molecule has 4 rings (SSSR count). The Morgan fingerprint density at radius 1 is 1.19 bits per heavy atom. The quantitative estimate of drug-likeness (QED) is 0.364. The maximum Gasteiger partial charge on any atom is 0.253 e. The number of ketones is 1. The molecule has 32 heavy (non-hydrogen) atoms. The number of Topliss-reactive ketones (excluding diaryl/α,β-unsaturated/α-hetero) is 1. The highest BCUT2D eigenvalue weighted by Gasteiger charge is 2.27. The summed E-state index contributed by atoms with van der Waals surface area (Å²) < 4.78 is 7.01. The molecule has 0 aliphatic carbocycles. The van der Waals surface area contributed by atoms with Crippen molar-refractivity contribution in [2.75, 3.05) is 26.8 Å². The molecule has 0 N–H and O–H groups in total. The molecule has 2 heterocycles. The van der Waals surface area contributed by atoms with Crippen molar-refractivity contribution in [2.24, 2.45) is 5.92 Å². The number of aryl methyl sites for hydroxylation is 1. The molecule has 0 unspecified atom stereocenters. The van der Waals surface area contributed by atoms with Gasteiger partial charge in [-0.05, 0) is 67.6 Å². The highest BCUT2D eigenvalue weighted by Crippen LogP contribution is 2.25. The first-order valence-corrected chi connectivity index (χ1v) is 11.4. The minimum Gasteiger partial charge on any atom is -0.385 e. The van der Waals surface area contributed by atoms with Crippen LogP contribution in [-0.2, 0) is 11.3 Å². The number of rotatable bonds is 8. The van der Waals surface area contributed by atoms with E-state index in [-0.39, 0.29) is 11.7 Å². The Kier molecular flexibility index (Phi) is 6.92. The number of aromatic nitrogens is 2. The number of likely N-dealkylation sites (tertiary alicyclic amines) is 1. The van der Waals surface area contributed by atoms with Gasteiger partial charge >= 0.3 is 0 Å². The van der Waals surface area contributed by atoms with E-state index in [1.807, 2.05) is 34.8 Å². The molecule has 168 valence electrons. The summed E-state index contributed by atoms with van der Waals surface area (Å²) >= 11 is 5.93. The number of hydrogen-bond donors (Lipinski definition) is 0. The number of benzene rings is 2. The van der Waals surface area contributed by atoms with Gasteiger partial charge in [0.15, 0.2) is 5.78 Å². The van der Waals surface area contributed by atoms with Crippen LogP contribution in [0.1, 0.15) is 45.5 Å². The van der Waals surface area contributed by atoms with E-state index < -0.39 is 0 Å². The molecule has 1 saturated heterocycles. The van der Waals surface area contributed by atoms with Crippen molar-refractivity contribution in [3.63, 3.8) is 0 Å². The van der Waals surface area contributed by atoms with Gasteiger partial charge in [-0.15, -0.1) is 0 Å². The Morgan fingerprint density at radius 2 is 1.97 bits per heavy atom. The van der Waals surface area contributed by atoms with Gasteiger partial charge in [-0.3, -0.25) is 14.3 Å². The molecule has 1 amide bonds. The van der Waals surface area contributed by atoms with Crippen molar-refractivity contribution in [3.05, 3.63) is 64.3 Å². The first-order valence-electron chi connectivity index (χ1n) is 11.0. The van der Waals surface area contributed by atoms with Gasteiger partial charge in [-0.25, -0.2) is 0 Å². The summed E-state index contributed by atoms with van der Waals surface area (Å²) in [4.78, 5) is 27.2. The number of methoxy groups -OCH3 is 1. The van der Waals surface area contributed by atoms with Crippen molar-refractivity contribution in [1.82, 2.24) is 14.7 Å². The second-order valence-corrected chi connectivity index (χ2v) is 8.89. The van der Waals surface area contributed by atoms with Gasteiger partial charge in [0.25, 0.3) is 5.91 Å². The average Bonchev–Trinajstić information content (AvgIpc) is 3.41. The molecule has 7 heteroatoms. The first-order chi connectivity index (χ1) is 15.5. The number of hydrogen-bond acceptors (Lipinski definition) is 4. The van der Waals surface area contributed by atoms with Gasteiger partial charge in [-0.1, -0.05) is 11.6 Å². The Balaban J connectivity index is 1.42. The largest absolute Gasteiger partial charge is 0.385 e. The smallest absolute Gasteiger partial charge is 0.253 e. The van der Waals surface area contributed by atoms with Crippen LogP contribution in [0.5, 0.6) is 0 Å². The molecule has 1 aromatic heterocycles. The maximum atomic E-state index is 12.8. The Hall–Kier alpha value is -2.70. The summed E-state index contributed by atoms with van der Waals surface area (Å²) in [6, 6.07) is 10.8. The zero-order valence-corrected chi connectivity index (χ0v) is 19.3. The normalized spacial score (nSPS) is 16.1. The van der Waals surface area contributed by atoms with Crippen LogP contribution >= 0.6 is 11.6 Å². The summed E-state index contributed by atoms with van der Waals surface area (Å²) in [5.74, 6) is 0.527. The minimum absolute atomic E-state index is 0.0438. The average molecular weight is 454 g/mol. The van der Waals surface area contributed by atoms with Gasteiger partial charge in [0, 0.05) is 67.5 Å². The van der Waals surface area contributed by atoms with Gasteiger partial charge < -0.3 is 9.64 Å². The van der Waals surface area contributed by atoms with E-state index in [1.54, 1.807) is 31.4 Å². The second kappa shape index (κ2) is 9.84. The van der Waals surface area contributed by atoms with Crippen LogP contribution in [0.4, 0.5) is 0 Å². The number of halogens is 1. The lowest BCUT2D eigenvalue weighted by Crippen LogP contribution is -2.29. The SMILES string of the molecule is COCCCC(=O)c1ccc2nn(C[C@H]3CCN(C(=O)c4ccc(Cl)cc4)C3)cc2c1C. The van der Waals surface area contributed by atoms with E-state index in [0.29, 0.717) is 36.1 Å². The molecule has 2 aromatic carbocycles. The van der Waals surface area contributed by atoms with E-state index in [1.165, 1.54) is 0 Å². The summed E-state index contributed by atoms with van der Waals surface area (Å²) in [6.07, 6.45) is 4.17. The van der Waals surface area contributed by atoms with Crippen LogP contribution in [0.2, 0.25) is 5.02 Å². The van der Waals surface area contributed by atoms with Crippen LogP contribution < -0.4 is 0 Å². The summed E-state index contributed by atoms with van der Waals surface area (Å²) in [5.41, 5.74) is 3.29. The lowest BCUT2D eigenvalue weighted by molar-refractivity contribution is 0.0785. The first kappa shape index (κ1) is 22.5. The van der Waals surface area contributed by atoms with Crippen LogP contribution in [0.3, 0.4) is 0 Å². The lowest BCUT2D eigenvalue weighted by atomic mass is 9.99. The fraction of sp³-hybridized carbons (Fsp3) is 0.400. The molecule has 0 spiro atoms. The molecular formula is C25H28ClN3O3. The molecule has 1 aliphatic rings. The number of carbonyl (C=O) groups excluding carboxylic acids is 2. The van der Waals surface area contributed by atoms with Gasteiger partial charge in [0.05, 0.1) is 5.52 Å². The minimum atomic E-state index is 0.0438. The zero-order chi connectivity index (χ0) is 22.7. The van der Waals surface area contributed by atoms with Crippen LogP contribution in [0.15, 0.2) is 42.6 Å². The van der Waals surface area contributed by atoms with Gasteiger partial charge in [0.1, 0.15) is 0 Å². The van der Waals surface area contributed by atoms with E-state index in [0.717, 1.165) is 48.0 Å². The monoisotopic (exact) mass is 453 g/mol. The third-order valence-corrected chi connectivity index (χ3v) is 6.42. The standard InChI is InChI=1S/C25H28ClN3O3/c1-17-21(24(30)4-3-13-32-2)9-10-23-22(17)16-29(27-23)15-18-11-12-28(14-18)25(31)19-5-7-20(26)8-6-19/h5-10,16,18H,3-4,11-15H2,1-2H3/t18-/m0/s1. The number of amides is 1. The molecule has 6 nitrogen and oxygen atoms in total. The van der Waals surface area contributed by atoms with Crippen molar-refractivity contribution in [2.45, 2.75) is 32.7 Å². The van der Waals surface area contributed by atoms with Crippen LogP contribution in [-0.4, -0.2) is 53.2 Å². The van der Waals surface area contributed by atoms with E-state index in [2.05, 4.69) is 0 Å². The lowest BCUT2D eigenvalue weighted by Gasteiger charge is -2.16. The molecule has 1 fully saturated rings. The molecule has 1 atom stereocenters. The third-order valence-electron chi connectivity index (χ3n) is 6.17. The van der Waals surface area contributed by atoms with Crippen molar-refractivity contribution < 1.29 is 14.3 Å². The zero-order valence-electron chi connectivity index (χ0n) is 18.5. The van der Waals surface area contributed by atoms with Crippen molar-refractivity contribution in [1.29, 1.82) is 0 Å².